The minimum atomic E-state index is -0.268. The van der Waals surface area contributed by atoms with Crippen LogP contribution in [0.1, 0.15) is 62.7 Å². The fourth-order valence-electron chi connectivity index (χ4n) is 3.66. The highest BCUT2D eigenvalue weighted by Gasteiger charge is 2.23. The lowest BCUT2D eigenvalue weighted by Gasteiger charge is -2.20. The Morgan fingerprint density at radius 1 is 1.35 bits per heavy atom. The Bertz CT molecular complexity index is 987. The summed E-state index contributed by atoms with van der Waals surface area (Å²) in [5, 5.41) is 0. The Kier molecular flexibility index (Phi) is 7.81. The third-order valence-electron chi connectivity index (χ3n) is 5.49. The standard InChI is InChI=1S/C24H34BrN3O2S/c1-16(2)13-28-14-21(24(3,4)5)31-23(28)26-22(29)19-12-17(25)9-10-20(19)30-15-18-8-7-11-27(18)6/h9-10,12,14,16,18H,7-8,11,13,15H2,1-6H3/t18-/m0/s1. The quantitative estimate of drug-likeness (QED) is 0.519. The van der Waals surface area contributed by atoms with Crippen LogP contribution < -0.4 is 9.54 Å². The van der Waals surface area contributed by atoms with Gasteiger partial charge in [-0.25, -0.2) is 0 Å². The number of ether oxygens (including phenoxy) is 1. The zero-order chi connectivity index (χ0) is 22.8. The number of rotatable bonds is 6. The molecule has 5 nitrogen and oxygen atoms in total. The molecule has 0 aliphatic carbocycles. The third-order valence-corrected chi connectivity index (χ3v) is 7.43. The smallest absolute Gasteiger partial charge is 0.283 e. The molecule has 1 amide bonds. The molecule has 1 saturated heterocycles. The van der Waals surface area contributed by atoms with Crippen LogP contribution in [0.25, 0.3) is 0 Å². The summed E-state index contributed by atoms with van der Waals surface area (Å²) in [4.78, 5) is 22.1. The monoisotopic (exact) mass is 507 g/mol. The van der Waals surface area contributed by atoms with Crippen LogP contribution in [0.15, 0.2) is 33.9 Å². The first kappa shape index (κ1) is 24.2. The molecule has 0 unspecified atom stereocenters. The second-order valence-electron chi connectivity index (χ2n) is 9.82. The van der Waals surface area contributed by atoms with E-state index in [1.165, 1.54) is 11.3 Å². The molecule has 0 bridgehead atoms. The zero-order valence-corrected chi connectivity index (χ0v) is 21.8. The number of hydrogen-bond donors (Lipinski definition) is 0. The molecule has 1 fully saturated rings. The van der Waals surface area contributed by atoms with Gasteiger partial charge in [-0.05, 0) is 56.0 Å². The highest BCUT2D eigenvalue weighted by Crippen LogP contribution is 2.27. The Morgan fingerprint density at radius 3 is 2.71 bits per heavy atom. The van der Waals surface area contributed by atoms with E-state index in [0.717, 1.165) is 28.8 Å². The number of likely N-dealkylation sites (tertiary alicyclic amines) is 1. The number of likely N-dealkylation sites (N-methyl/N-ethyl adjacent to an activating group) is 1. The molecule has 0 saturated carbocycles. The number of halogens is 1. The van der Waals surface area contributed by atoms with Crippen LogP contribution in [0.3, 0.4) is 0 Å². The van der Waals surface area contributed by atoms with E-state index >= 15 is 0 Å². The van der Waals surface area contributed by atoms with Crippen LogP contribution in [0.2, 0.25) is 0 Å². The summed E-state index contributed by atoms with van der Waals surface area (Å²) in [6.45, 7) is 13.4. The molecule has 1 aromatic heterocycles. The molecular formula is C24H34BrN3O2S. The van der Waals surface area contributed by atoms with Crippen molar-refractivity contribution in [2.45, 2.75) is 65.5 Å². The SMILES string of the molecule is CC(C)Cn1cc(C(C)(C)C)sc1=NC(=O)c1cc(Br)ccc1OC[C@@H]1CCCN1C. The molecule has 0 radical (unpaired) electrons. The van der Waals surface area contributed by atoms with Crippen LogP contribution in [0.5, 0.6) is 5.75 Å². The number of aromatic nitrogens is 1. The summed E-state index contributed by atoms with van der Waals surface area (Å²) in [6.07, 6.45) is 4.46. The van der Waals surface area contributed by atoms with Crippen molar-refractivity contribution in [3.05, 3.63) is 44.1 Å². The summed E-state index contributed by atoms with van der Waals surface area (Å²) < 4.78 is 9.06. The second kappa shape index (κ2) is 10.0. The van der Waals surface area contributed by atoms with Crippen LogP contribution in [0, 0.1) is 5.92 Å². The summed E-state index contributed by atoms with van der Waals surface area (Å²) in [7, 11) is 2.13. The van der Waals surface area contributed by atoms with E-state index in [4.69, 9.17) is 4.74 Å². The third kappa shape index (κ3) is 6.30. The van der Waals surface area contributed by atoms with E-state index in [1.807, 2.05) is 18.2 Å². The fourth-order valence-corrected chi connectivity index (χ4v) is 5.07. The summed E-state index contributed by atoms with van der Waals surface area (Å²) in [5.41, 5.74) is 0.509. The molecule has 1 aliphatic rings. The lowest BCUT2D eigenvalue weighted by molar-refractivity contribution is 0.0991. The lowest BCUT2D eigenvalue weighted by Crippen LogP contribution is -2.30. The van der Waals surface area contributed by atoms with Crippen molar-refractivity contribution in [3.8, 4) is 5.75 Å². The van der Waals surface area contributed by atoms with Gasteiger partial charge in [-0.15, -0.1) is 11.3 Å². The van der Waals surface area contributed by atoms with Gasteiger partial charge in [0.2, 0.25) is 0 Å². The average Bonchev–Trinajstić information content (AvgIpc) is 3.26. The topological polar surface area (TPSA) is 46.8 Å². The normalized spacial score (nSPS) is 18.2. The van der Waals surface area contributed by atoms with Crippen molar-refractivity contribution >= 4 is 33.2 Å². The maximum atomic E-state index is 13.3. The van der Waals surface area contributed by atoms with Gasteiger partial charge in [0.05, 0.1) is 5.56 Å². The maximum Gasteiger partial charge on any atom is 0.283 e. The number of thiazole rings is 1. The van der Waals surface area contributed by atoms with E-state index in [2.05, 4.69) is 78.3 Å². The van der Waals surface area contributed by atoms with E-state index < -0.39 is 0 Å². The molecule has 3 rings (SSSR count). The van der Waals surface area contributed by atoms with Crippen molar-refractivity contribution in [3.63, 3.8) is 0 Å². The van der Waals surface area contributed by atoms with Crippen LogP contribution in [0.4, 0.5) is 0 Å². The Hall–Kier alpha value is -1.44. The van der Waals surface area contributed by atoms with E-state index in [-0.39, 0.29) is 11.3 Å². The van der Waals surface area contributed by atoms with E-state index in [0.29, 0.717) is 29.9 Å². The van der Waals surface area contributed by atoms with Crippen molar-refractivity contribution in [1.82, 2.24) is 9.47 Å². The lowest BCUT2D eigenvalue weighted by atomic mass is 9.95. The van der Waals surface area contributed by atoms with Gasteiger partial charge in [0.15, 0.2) is 4.80 Å². The van der Waals surface area contributed by atoms with Gasteiger partial charge in [0.25, 0.3) is 5.91 Å². The van der Waals surface area contributed by atoms with E-state index in [9.17, 15) is 4.79 Å². The molecule has 1 atom stereocenters. The predicted octanol–water partition coefficient (Wildman–Crippen LogP) is 5.48. The van der Waals surface area contributed by atoms with Gasteiger partial charge >= 0.3 is 0 Å². The highest BCUT2D eigenvalue weighted by atomic mass is 79.9. The first-order valence-electron chi connectivity index (χ1n) is 11.0. The molecule has 2 aromatic rings. The Morgan fingerprint density at radius 2 is 2.10 bits per heavy atom. The van der Waals surface area contributed by atoms with Gasteiger partial charge in [-0.3, -0.25) is 4.79 Å². The maximum absolute atomic E-state index is 13.3. The van der Waals surface area contributed by atoms with Gasteiger partial charge in [0, 0.05) is 28.1 Å². The van der Waals surface area contributed by atoms with Crippen LogP contribution >= 0.6 is 27.3 Å². The molecule has 170 valence electrons. The largest absolute Gasteiger partial charge is 0.491 e. The average molecular weight is 509 g/mol. The van der Waals surface area contributed by atoms with Gasteiger partial charge < -0.3 is 14.2 Å². The second-order valence-corrected chi connectivity index (χ2v) is 11.7. The van der Waals surface area contributed by atoms with Crippen molar-refractivity contribution in [1.29, 1.82) is 0 Å². The van der Waals surface area contributed by atoms with Crippen LogP contribution in [-0.2, 0) is 12.0 Å². The molecule has 0 N–H and O–H groups in total. The molecule has 7 heteroatoms. The van der Waals surface area contributed by atoms with Gasteiger partial charge in [0.1, 0.15) is 12.4 Å². The number of carbonyl (C=O) groups excluding carboxylic acids is 1. The van der Waals surface area contributed by atoms with Crippen molar-refractivity contribution in [2.24, 2.45) is 10.9 Å². The number of carbonyl (C=O) groups is 1. The molecular weight excluding hydrogens is 474 g/mol. The summed E-state index contributed by atoms with van der Waals surface area (Å²) in [6, 6.07) is 5.97. The molecule has 1 aromatic carbocycles. The fraction of sp³-hybridized carbons (Fsp3) is 0.583. The Balaban J connectivity index is 1.93. The summed E-state index contributed by atoms with van der Waals surface area (Å²) >= 11 is 5.09. The Labute approximate surface area is 198 Å². The van der Waals surface area contributed by atoms with Crippen molar-refractivity contribution < 1.29 is 9.53 Å². The molecule has 2 heterocycles. The minimum absolute atomic E-state index is 0.0115. The van der Waals surface area contributed by atoms with Crippen LogP contribution in [-0.4, -0.2) is 41.6 Å². The first-order chi connectivity index (χ1) is 14.5. The number of benzene rings is 1. The van der Waals surface area contributed by atoms with Crippen molar-refractivity contribution in [2.75, 3.05) is 20.2 Å². The number of amides is 1. The van der Waals surface area contributed by atoms with Gasteiger partial charge in [-0.2, -0.15) is 4.99 Å². The minimum Gasteiger partial charge on any atom is -0.491 e. The number of hydrogen-bond acceptors (Lipinski definition) is 4. The summed E-state index contributed by atoms with van der Waals surface area (Å²) in [5.74, 6) is 0.792. The number of nitrogens with zero attached hydrogens (tertiary/aromatic N) is 3. The zero-order valence-electron chi connectivity index (χ0n) is 19.4. The van der Waals surface area contributed by atoms with E-state index in [1.54, 1.807) is 11.3 Å². The first-order valence-corrected chi connectivity index (χ1v) is 12.6. The molecule has 0 spiro atoms. The molecule has 1 aliphatic heterocycles. The predicted molar refractivity (Wildman–Crippen MR) is 131 cm³/mol. The van der Waals surface area contributed by atoms with Gasteiger partial charge in [-0.1, -0.05) is 50.5 Å². The highest BCUT2D eigenvalue weighted by molar-refractivity contribution is 9.10. The molecule has 31 heavy (non-hydrogen) atoms.